The molecule has 100 valence electrons. The first-order valence-electron chi connectivity index (χ1n) is 6.70. The molecule has 1 saturated heterocycles. The van der Waals surface area contributed by atoms with Gasteiger partial charge in [0.2, 0.25) is 0 Å². The highest BCUT2D eigenvalue weighted by Gasteiger charge is 2.17. The molecule has 0 aliphatic carbocycles. The average molecular weight is 332 g/mol. The summed E-state index contributed by atoms with van der Waals surface area (Å²) in [5.74, 6) is 0.690. The van der Waals surface area contributed by atoms with Crippen molar-refractivity contribution < 1.29 is 4.74 Å². The zero-order valence-corrected chi connectivity index (χ0v) is 12.9. The van der Waals surface area contributed by atoms with Crippen LogP contribution < -0.4 is 0 Å². The third-order valence-electron chi connectivity index (χ3n) is 3.58. The Kier molecular flexibility index (Phi) is 6.00. The molecule has 1 heterocycles. The molecule has 1 aromatic carbocycles. The number of hydrogen-bond acceptors (Lipinski definition) is 1. The highest BCUT2D eigenvalue weighted by molar-refractivity contribution is 9.09. The molecule has 1 aromatic rings. The zero-order valence-electron chi connectivity index (χ0n) is 10.6. The summed E-state index contributed by atoms with van der Waals surface area (Å²) in [6, 6.07) is 8.21. The van der Waals surface area contributed by atoms with Crippen molar-refractivity contribution in [3.05, 3.63) is 34.9 Å². The second kappa shape index (κ2) is 7.52. The van der Waals surface area contributed by atoms with Crippen LogP contribution in [0.5, 0.6) is 0 Å². The van der Waals surface area contributed by atoms with Gasteiger partial charge in [-0.05, 0) is 55.7 Å². The molecule has 2 rings (SSSR count). The summed E-state index contributed by atoms with van der Waals surface area (Å²) in [5, 5.41) is 1.87. The molecule has 3 heteroatoms. The van der Waals surface area contributed by atoms with Crippen molar-refractivity contribution in [2.75, 3.05) is 11.9 Å². The summed E-state index contributed by atoms with van der Waals surface area (Å²) in [4.78, 5) is 0. The number of alkyl halides is 1. The fourth-order valence-electron chi connectivity index (χ4n) is 2.48. The van der Waals surface area contributed by atoms with E-state index in [4.69, 9.17) is 16.3 Å². The van der Waals surface area contributed by atoms with Gasteiger partial charge < -0.3 is 4.74 Å². The number of ether oxygens (including phenoxy) is 1. The topological polar surface area (TPSA) is 9.23 Å². The summed E-state index contributed by atoms with van der Waals surface area (Å²) in [6.07, 6.45) is 6.55. The Morgan fingerprint density at radius 3 is 2.72 bits per heavy atom. The summed E-state index contributed by atoms with van der Waals surface area (Å²) >= 11 is 9.53. The van der Waals surface area contributed by atoms with Crippen LogP contribution in [0.3, 0.4) is 0 Å². The number of hydrogen-bond donors (Lipinski definition) is 0. The van der Waals surface area contributed by atoms with Crippen LogP contribution in [0.2, 0.25) is 5.02 Å². The van der Waals surface area contributed by atoms with Gasteiger partial charge in [-0.15, -0.1) is 0 Å². The Labute approximate surface area is 123 Å². The highest BCUT2D eigenvalue weighted by atomic mass is 79.9. The maximum Gasteiger partial charge on any atom is 0.0576 e. The fraction of sp³-hybridized carbons (Fsp3) is 0.600. The van der Waals surface area contributed by atoms with E-state index in [1.165, 1.54) is 31.2 Å². The van der Waals surface area contributed by atoms with Crippen LogP contribution in [0.1, 0.15) is 31.2 Å². The predicted molar refractivity (Wildman–Crippen MR) is 80.6 cm³/mol. The van der Waals surface area contributed by atoms with E-state index in [1.54, 1.807) is 0 Å². The lowest BCUT2D eigenvalue weighted by molar-refractivity contribution is 0.0989. The van der Waals surface area contributed by atoms with Crippen molar-refractivity contribution in [2.45, 2.75) is 38.2 Å². The van der Waals surface area contributed by atoms with Gasteiger partial charge in [-0.3, -0.25) is 0 Å². The molecule has 0 N–H and O–H groups in total. The van der Waals surface area contributed by atoms with E-state index >= 15 is 0 Å². The third-order valence-corrected chi connectivity index (χ3v) is 4.74. The van der Waals surface area contributed by atoms with Gasteiger partial charge in [0.1, 0.15) is 0 Å². The molecule has 0 amide bonds. The largest absolute Gasteiger partial charge is 0.378 e. The minimum atomic E-state index is 0.511. The molecular weight excluding hydrogens is 312 g/mol. The minimum absolute atomic E-state index is 0.511. The Morgan fingerprint density at radius 2 is 2.11 bits per heavy atom. The van der Waals surface area contributed by atoms with E-state index in [2.05, 4.69) is 28.1 Å². The quantitative estimate of drug-likeness (QED) is 0.677. The van der Waals surface area contributed by atoms with E-state index in [-0.39, 0.29) is 0 Å². The molecule has 0 spiro atoms. The van der Waals surface area contributed by atoms with Crippen LogP contribution in [0.25, 0.3) is 0 Å². The minimum Gasteiger partial charge on any atom is -0.378 e. The van der Waals surface area contributed by atoms with E-state index in [9.17, 15) is 0 Å². The Morgan fingerprint density at radius 1 is 1.33 bits per heavy atom. The third kappa shape index (κ3) is 4.56. The van der Waals surface area contributed by atoms with Crippen molar-refractivity contribution in [3.63, 3.8) is 0 Å². The predicted octanol–water partition coefficient (Wildman–Crippen LogP) is 4.85. The average Bonchev–Trinajstić information content (AvgIpc) is 2.90. The summed E-state index contributed by atoms with van der Waals surface area (Å²) in [5.41, 5.74) is 1.37. The Hall–Kier alpha value is -0.0500. The fourth-order valence-corrected chi connectivity index (χ4v) is 3.16. The maximum absolute atomic E-state index is 5.90. The lowest BCUT2D eigenvalue weighted by Gasteiger charge is -2.16. The number of halogens is 2. The van der Waals surface area contributed by atoms with Crippen LogP contribution in [-0.2, 0) is 11.2 Å². The van der Waals surface area contributed by atoms with Crippen LogP contribution in [-0.4, -0.2) is 18.0 Å². The molecule has 1 aliphatic heterocycles. The lowest BCUT2D eigenvalue weighted by Crippen LogP contribution is -2.12. The van der Waals surface area contributed by atoms with Gasteiger partial charge in [-0.25, -0.2) is 0 Å². The van der Waals surface area contributed by atoms with Gasteiger partial charge in [-0.1, -0.05) is 39.7 Å². The monoisotopic (exact) mass is 330 g/mol. The molecule has 2 atom stereocenters. The van der Waals surface area contributed by atoms with Gasteiger partial charge in [0.05, 0.1) is 6.10 Å². The molecule has 18 heavy (non-hydrogen) atoms. The van der Waals surface area contributed by atoms with Crippen LogP contribution >= 0.6 is 27.5 Å². The van der Waals surface area contributed by atoms with Crippen LogP contribution in [0.15, 0.2) is 24.3 Å². The molecular formula is C15H20BrClO. The van der Waals surface area contributed by atoms with Crippen LogP contribution in [0.4, 0.5) is 0 Å². The smallest absolute Gasteiger partial charge is 0.0576 e. The summed E-state index contributed by atoms with van der Waals surface area (Å²) in [7, 11) is 0. The lowest BCUT2D eigenvalue weighted by atomic mass is 9.95. The van der Waals surface area contributed by atoms with Crippen molar-refractivity contribution in [1.82, 2.24) is 0 Å². The maximum atomic E-state index is 5.90. The summed E-state index contributed by atoms with van der Waals surface area (Å²) in [6.45, 7) is 0.959. The normalized spacial score (nSPS) is 21.1. The van der Waals surface area contributed by atoms with Crippen molar-refractivity contribution >= 4 is 27.5 Å². The SMILES string of the molecule is Clc1ccc(CC(CBr)CCC2CCCO2)cc1. The van der Waals surface area contributed by atoms with E-state index in [1.807, 2.05) is 12.1 Å². The molecule has 0 aromatic heterocycles. The van der Waals surface area contributed by atoms with Gasteiger partial charge >= 0.3 is 0 Å². The molecule has 1 nitrogen and oxygen atoms in total. The number of benzene rings is 1. The van der Waals surface area contributed by atoms with Crippen molar-refractivity contribution in [2.24, 2.45) is 5.92 Å². The first-order valence-corrected chi connectivity index (χ1v) is 8.20. The molecule has 1 aliphatic rings. The van der Waals surface area contributed by atoms with Gasteiger partial charge in [0.25, 0.3) is 0 Å². The van der Waals surface area contributed by atoms with Crippen molar-refractivity contribution in [3.8, 4) is 0 Å². The second-order valence-corrected chi connectivity index (χ2v) is 6.15. The first kappa shape index (κ1) is 14.4. The van der Waals surface area contributed by atoms with Crippen molar-refractivity contribution in [1.29, 1.82) is 0 Å². The van der Waals surface area contributed by atoms with Gasteiger partial charge in [0, 0.05) is 17.0 Å². The van der Waals surface area contributed by atoms with Gasteiger partial charge in [-0.2, -0.15) is 0 Å². The van der Waals surface area contributed by atoms with E-state index < -0.39 is 0 Å². The molecule has 1 fully saturated rings. The zero-order chi connectivity index (χ0) is 12.8. The van der Waals surface area contributed by atoms with E-state index in [0.717, 1.165) is 23.4 Å². The molecule has 0 bridgehead atoms. The molecule has 0 saturated carbocycles. The van der Waals surface area contributed by atoms with Gasteiger partial charge in [0.15, 0.2) is 0 Å². The number of rotatable bonds is 6. The second-order valence-electron chi connectivity index (χ2n) is 5.06. The first-order chi connectivity index (χ1) is 8.78. The standard InChI is InChI=1S/C15H20BrClO/c16-11-13(5-8-15-2-1-9-18-15)10-12-3-6-14(17)7-4-12/h3-4,6-7,13,15H,1-2,5,8-11H2. The Balaban J connectivity index is 1.79. The van der Waals surface area contributed by atoms with E-state index in [0.29, 0.717) is 12.0 Å². The Bertz CT molecular complexity index is 346. The van der Waals surface area contributed by atoms with Crippen LogP contribution in [0, 0.1) is 5.92 Å². The highest BCUT2D eigenvalue weighted by Crippen LogP contribution is 2.23. The molecule has 2 unspecified atom stereocenters. The summed E-state index contributed by atoms with van der Waals surface area (Å²) < 4.78 is 5.68. The molecule has 0 radical (unpaired) electrons.